The van der Waals surface area contributed by atoms with Crippen LogP contribution < -0.4 is 19.7 Å². The van der Waals surface area contributed by atoms with Crippen molar-refractivity contribution in [1.82, 2.24) is 14.9 Å². The number of nitrogens with one attached hydrogen (secondary N) is 1. The second-order valence-corrected chi connectivity index (χ2v) is 9.65. The molecule has 1 unspecified atom stereocenters. The summed E-state index contributed by atoms with van der Waals surface area (Å²) >= 11 is 6.40. The Hall–Kier alpha value is -3.36. The molecule has 2 aliphatic heterocycles. The van der Waals surface area contributed by atoms with Crippen molar-refractivity contribution >= 4 is 34.8 Å². The molecule has 0 spiro atoms. The Balaban J connectivity index is 1.47. The van der Waals surface area contributed by atoms with Crippen LogP contribution in [-0.2, 0) is 11.2 Å². The summed E-state index contributed by atoms with van der Waals surface area (Å²) in [5.41, 5.74) is 3.95. The quantitative estimate of drug-likeness (QED) is 0.485. The first kappa shape index (κ1) is 24.3. The average Bonchev–Trinajstić information content (AvgIpc) is 3.25. The number of ether oxygens (including phenoxy) is 2. The summed E-state index contributed by atoms with van der Waals surface area (Å²) in [5.74, 6) is 1.70. The highest BCUT2D eigenvalue weighted by atomic mass is 35.5. The summed E-state index contributed by atoms with van der Waals surface area (Å²) in [6.45, 7) is 1.75. The topological polar surface area (TPSA) is 79.8 Å². The molecule has 8 nitrogen and oxygen atoms in total. The zero-order valence-corrected chi connectivity index (χ0v) is 21.5. The van der Waals surface area contributed by atoms with Crippen molar-refractivity contribution in [1.29, 1.82) is 0 Å². The van der Waals surface area contributed by atoms with Crippen LogP contribution >= 0.6 is 11.6 Å². The SMILES string of the molecule is COc1ccc(Nc2ncc3c(n2)-c2ccc(Cl)cc2N(CCC2CCCN2C)C(=O)C3)cc1OC. The van der Waals surface area contributed by atoms with Crippen molar-refractivity contribution in [2.75, 3.05) is 44.6 Å². The monoisotopic (exact) mass is 507 g/mol. The number of hydrogen-bond donors (Lipinski definition) is 1. The smallest absolute Gasteiger partial charge is 0.231 e. The zero-order chi connectivity index (χ0) is 25.2. The number of anilines is 3. The highest BCUT2D eigenvalue weighted by Gasteiger charge is 2.29. The summed E-state index contributed by atoms with van der Waals surface area (Å²) in [7, 11) is 5.35. The number of fused-ring (bicyclic) bond motifs is 3. The largest absolute Gasteiger partial charge is 0.493 e. The van der Waals surface area contributed by atoms with E-state index in [0.29, 0.717) is 35.1 Å². The summed E-state index contributed by atoms with van der Waals surface area (Å²) in [6, 6.07) is 11.7. The van der Waals surface area contributed by atoms with Gasteiger partial charge in [-0.25, -0.2) is 9.97 Å². The third kappa shape index (κ3) is 4.83. The molecule has 1 fully saturated rings. The number of likely N-dealkylation sites (tertiary alicyclic amines) is 1. The number of benzene rings is 2. The van der Waals surface area contributed by atoms with Crippen LogP contribution in [0.25, 0.3) is 11.3 Å². The lowest BCUT2D eigenvalue weighted by molar-refractivity contribution is -0.118. The Kier molecular flexibility index (Phi) is 6.98. The predicted octanol–water partition coefficient (Wildman–Crippen LogP) is 4.93. The van der Waals surface area contributed by atoms with E-state index in [1.165, 1.54) is 6.42 Å². The fourth-order valence-electron chi connectivity index (χ4n) is 5.06. The molecule has 0 saturated carbocycles. The van der Waals surface area contributed by atoms with Gasteiger partial charge in [0.1, 0.15) is 0 Å². The standard InChI is InChI=1S/C27H30ClN5O3/c1-32-11-4-5-20(32)10-12-33-22-14-18(28)6-8-21(22)26-17(13-25(33)34)16-29-27(31-26)30-19-7-9-23(35-2)24(15-19)36-3/h6-9,14-16,20H,4-5,10-13H2,1-3H3,(H,29,30,31). The Morgan fingerprint density at radius 2 is 1.97 bits per heavy atom. The van der Waals surface area contributed by atoms with Crippen molar-refractivity contribution < 1.29 is 14.3 Å². The van der Waals surface area contributed by atoms with Crippen molar-refractivity contribution in [2.24, 2.45) is 0 Å². The molecule has 0 aliphatic carbocycles. The fourth-order valence-corrected chi connectivity index (χ4v) is 5.23. The highest BCUT2D eigenvalue weighted by Crippen LogP contribution is 2.38. The van der Waals surface area contributed by atoms with Crippen molar-refractivity contribution in [3.8, 4) is 22.8 Å². The van der Waals surface area contributed by atoms with Gasteiger partial charge in [-0.1, -0.05) is 11.6 Å². The van der Waals surface area contributed by atoms with Crippen LogP contribution in [0.1, 0.15) is 24.8 Å². The summed E-state index contributed by atoms with van der Waals surface area (Å²) in [5, 5.41) is 3.83. The van der Waals surface area contributed by atoms with E-state index in [4.69, 9.17) is 26.1 Å². The molecule has 36 heavy (non-hydrogen) atoms. The first-order chi connectivity index (χ1) is 17.5. The molecule has 9 heteroatoms. The molecule has 1 amide bonds. The van der Waals surface area contributed by atoms with Gasteiger partial charge in [0.2, 0.25) is 11.9 Å². The van der Waals surface area contributed by atoms with Gasteiger partial charge in [-0.2, -0.15) is 0 Å². The van der Waals surface area contributed by atoms with Crippen LogP contribution in [-0.4, -0.2) is 61.2 Å². The normalized spacial score (nSPS) is 17.4. The molecule has 2 aromatic carbocycles. The molecule has 3 aromatic rings. The van der Waals surface area contributed by atoms with Gasteiger partial charge in [-0.3, -0.25) is 4.79 Å². The molecule has 2 aliphatic rings. The fraction of sp³-hybridized carbons (Fsp3) is 0.370. The lowest BCUT2D eigenvalue weighted by atomic mass is 10.0. The minimum atomic E-state index is 0.0297. The van der Waals surface area contributed by atoms with E-state index in [-0.39, 0.29) is 12.3 Å². The van der Waals surface area contributed by atoms with E-state index in [0.717, 1.165) is 47.6 Å². The maximum atomic E-state index is 13.4. The lowest BCUT2D eigenvalue weighted by Crippen LogP contribution is -2.36. The molecular formula is C27H30ClN5O3. The van der Waals surface area contributed by atoms with Crippen molar-refractivity contribution in [3.63, 3.8) is 0 Å². The number of nitrogens with zero attached hydrogens (tertiary/aromatic N) is 4. The summed E-state index contributed by atoms with van der Waals surface area (Å²) in [6.07, 6.45) is 5.25. The highest BCUT2D eigenvalue weighted by molar-refractivity contribution is 6.31. The second-order valence-electron chi connectivity index (χ2n) is 9.21. The number of halogens is 1. The molecule has 1 saturated heterocycles. The van der Waals surface area contributed by atoms with Gasteiger partial charge in [0.15, 0.2) is 11.5 Å². The van der Waals surface area contributed by atoms with Crippen LogP contribution in [0.5, 0.6) is 11.5 Å². The number of amides is 1. The minimum absolute atomic E-state index is 0.0297. The molecular weight excluding hydrogens is 478 g/mol. The maximum absolute atomic E-state index is 13.4. The van der Waals surface area contributed by atoms with Crippen LogP contribution in [0.3, 0.4) is 0 Å². The average molecular weight is 508 g/mol. The van der Waals surface area contributed by atoms with Crippen LogP contribution in [0.15, 0.2) is 42.6 Å². The van der Waals surface area contributed by atoms with E-state index >= 15 is 0 Å². The second kappa shape index (κ2) is 10.3. The molecule has 1 aromatic heterocycles. The van der Waals surface area contributed by atoms with Crippen molar-refractivity contribution in [3.05, 3.63) is 53.2 Å². The van der Waals surface area contributed by atoms with E-state index < -0.39 is 0 Å². The first-order valence-corrected chi connectivity index (χ1v) is 12.5. The van der Waals surface area contributed by atoms with Gasteiger partial charge in [-0.05, 0) is 63.2 Å². The Bertz CT molecular complexity index is 1280. The maximum Gasteiger partial charge on any atom is 0.231 e. The predicted molar refractivity (Wildman–Crippen MR) is 142 cm³/mol. The van der Waals surface area contributed by atoms with Crippen LogP contribution in [0.2, 0.25) is 5.02 Å². The number of rotatable bonds is 7. The Morgan fingerprint density at radius 1 is 1.14 bits per heavy atom. The molecule has 0 bridgehead atoms. The zero-order valence-electron chi connectivity index (χ0n) is 20.8. The van der Waals surface area contributed by atoms with E-state index in [1.807, 2.05) is 41.3 Å². The van der Waals surface area contributed by atoms with Crippen LogP contribution in [0.4, 0.5) is 17.3 Å². The van der Waals surface area contributed by atoms with E-state index in [2.05, 4.69) is 22.2 Å². The van der Waals surface area contributed by atoms with E-state index in [1.54, 1.807) is 20.4 Å². The number of methoxy groups -OCH3 is 2. The van der Waals surface area contributed by atoms with Crippen molar-refractivity contribution in [2.45, 2.75) is 31.7 Å². The molecule has 1 N–H and O–H groups in total. The number of carbonyl (C=O) groups excluding carboxylic acids is 1. The van der Waals surface area contributed by atoms with Gasteiger partial charge in [0.05, 0.1) is 32.0 Å². The van der Waals surface area contributed by atoms with Gasteiger partial charge >= 0.3 is 0 Å². The number of aromatic nitrogens is 2. The number of hydrogen-bond acceptors (Lipinski definition) is 7. The molecule has 188 valence electrons. The third-order valence-electron chi connectivity index (χ3n) is 7.01. The first-order valence-electron chi connectivity index (χ1n) is 12.1. The minimum Gasteiger partial charge on any atom is -0.493 e. The third-order valence-corrected chi connectivity index (χ3v) is 7.25. The molecule has 0 radical (unpaired) electrons. The summed E-state index contributed by atoms with van der Waals surface area (Å²) in [4.78, 5) is 27.0. The summed E-state index contributed by atoms with van der Waals surface area (Å²) < 4.78 is 10.7. The molecule has 3 heterocycles. The van der Waals surface area contributed by atoms with E-state index in [9.17, 15) is 4.79 Å². The van der Waals surface area contributed by atoms with Crippen LogP contribution in [0, 0.1) is 0 Å². The van der Waals surface area contributed by atoms with Gasteiger partial charge in [-0.15, -0.1) is 0 Å². The van der Waals surface area contributed by atoms with Gasteiger partial charge < -0.3 is 24.6 Å². The molecule has 5 rings (SSSR count). The van der Waals surface area contributed by atoms with Gasteiger partial charge in [0, 0.05) is 46.7 Å². The Morgan fingerprint density at radius 3 is 2.72 bits per heavy atom. The Labute approximate surface area is 216 Å². The van der Waals surface area contributed by atoms with Gasteiger partial charge in [0.25, 0.3) is 0 Å². The number of carbonyl (C=O) groups is 1. The molecule has 1 atom stereocenters. The lowest BCUT2D eigenvalue weighted by Gasteiger charge is -2.27.